The van der Waals surface area contributed by atoms with Crippen LogP contribution in [0.15, 0.2) is 35.4 Å². The van der Waals surface area contributed by atoms with Crippen LogP contribution >= 0.6 is 11.6 Å². The zero-order valence-electron chi connectivity index (χ0n) is 13.0. The number of aromatic amines is 1. The van der Waals surface area contributed by atoms with Crippen molar-refractivity contribution < 1.29 is 9.90 Å². The second-order valence-electron chi connectivity index (χ2n) is 6.25. The van der Waals surface area contributed by atoms with Crippen LogP contribution in [0.4, 0.5) is 0 Å². The van der Waals surface area contributed by atoms with Crippen molar-refractivity contribution in [3.8, 4) is 11.3 Å². The van der Waals surface area contributed by atoms with Crippen LogP contribution in [-0.2, 0) is 0 Å². The fraction of sp³-hybridized carbons (Fsp3) is 0.222. The largest absolute Gasteiger partial charge is 0.478 e. The molecule has 1 saturated carbocycles. The van der Waals surface area contributed by atoms with Crippen LogP contribution in [0.3, 0.4) is 0 Å². The van der Waals surface area contributed by atoms with E-state index in [4.69, 9.17) is 11.6 Å². The number of aryl methyl sites for hydroxylation is 1. The van der Waals surface area contributed by atoms with Gasteiger partial charge >= 0.3 is 5.97 Å². The van der Waals surface area contributed by atoms with Crippen molar-refractivity contribution in [3.63, 3.8) is 0 Å². The van der Waals surface area contributed by atoms with Gasteiger partial charge in [0.1, 0.15) is 5.52 Å². The van der Waals surface area contributed by atoms with Gasteiger partial charge in [-0.1, -0.05) is 17.7 Å². The van der Waals surface area contributed by atoms with Gasteiger partial charge in [0.15, 0.2) is 0 Å². The van der Waals surface area contributed by atoms with Gasteiger partial charge in [0, 0.05) is 23.0 Å². The quantitative estimate of drug-likeness (QED) is 0.759. The maximum absolute atomic E-state index is 12.6. The smallest absolute Gasteiger partial charge is 0.337 e. The maximum atomic E-state index is 12.6. The number of nitrogens with one attached hydrogen (secondary N) is 1. The van der Waals surface area contributed by atoms with E-state index in [1.807, 2.05) is 19.1 Å². The molecule has 0 amide bonds. The summed E-state index contributed by atoms with van der Waals surface area (Å²) in [4.78, 5) is 27.0. The van der Waals surface area contributed by atoms with Gasteiger partial charge in [0.05, 0.1) is 11.3 Å². The van der Waals surface area contributed by atoms with Gasteiger partial charge < -0.3 is 14.5 Å². The molecule has 5 nitrogen and oxygen atoms in total. The number of hydrogen-bond acceptors (Lipinski definition) is 2. The third-order valence-corrected chi connectivity index (χ3v) is 4.91. The van der Waals surface area contributed by atoms with Crippen molar-refractivity contribution in [3.05, 3.63) is 62.7 Å². The molecule has 1 aromatic carbocycles. The molecule has 0 spiro atoms. The average Bonchev–Trinajstić information content (AvgIpc) is 3.29. The minimum atomic E-state index is -0.996. The first-order chi connectivity index (χ1) is 11.5. The molecule has 0 aliphatic heterocycles. The lowest BCUT2D eigenvalue weighted by Crippen LogP contribution is -2.12. The molecule has 0 bridgehead atoms. The van der Waals surface area contributed by atoms with Gasteiger partial charge in [0.25, 0.3) is 5.56 Å². The normalized spacial score (nSPS) is 14.2. The van der Waals surface area contributed by atoms with Crippen LogP contribution in [0.1, 0.15) is 40.2 Å². The van der Waals surface area contributed by atoms with Crippen LogP contribution in [0.5, 0.6) is 0 Å². The summed E-state index contributed by atoms with van der Waals surface area (Å²) >= 11 is 6.05. The number of carbonyl (C=O) groups is 1. The molecule has 0 atom stereocenters. The Labute approximate surface area is 142 Å². The minimum absolute atomic E-state index is 0.172. The molecule has 0 radical (unpaired) electrons. The summed E-state index contributed by atoms with van der Waals surface area (Å²) in [6.45, 7) is 1.89. The fourth-order valence-corrected chi connectivity index (χ4v) is 3.27. The van der Waals surface area contributed by atoms with Gasteiger partial charge in [-0.15, -0.1) is 0 Å². The summed E-state index contributed by atoms with van der Waals surface area (Å²) in [5.74, 6) is -0.824. The lowest BCUT2D eigenvalue weighted by molar-refractivity contribution is 0.0696. The highest BCUT2D eigenvalue weighted by Gasteiger charge is 2.32. The highest BCUT2D eigenvalue weighted by Crippen LogP contribution is 2.43. The summed E-state index contributed by atoms with van der Waals surface area (Å²) in [5.41, 5.74) is 3.40. The number of benzene rings is 1. The molecule has 3 aromatic rings. The Hall–Kier alpha value is -2.53. The number of rotatable bonds is 3. The molecular weight excluding hydrogens is 328 g/mol. The number of aromatic nitrogens is 2. The molecule has 2 aromatic heterocycles. The van der Waals surface area contributed by atoms with Gasteiger partial charge in [-0.3, -0.25) is 4.79 Å². The highest BCUT2D eigenvalue weighted by molar-refractivity contribution is 6.31. The van der Waals surface area contributed by atoms with Crippen molar-refractivity contribution in [1.82, 2.24) is 9.38 Å². The second kappa shape index (κ2) is 5.24. The van der Waals surface area contributed by atoms with Crippen molar-refractivity contribution >= 4 is 23.1 Å². The van der Waals surface area contributed by atoms with E-state index >= 15 is 0 Å². The molecule has 1 aliphatic carbocycles. The summed E-state index contributed by atoms with van der Waals surface area (Å²) in [6, 6.07) is 5.50. The fourth-order valence-electron chi connectivity index (χ4n) is 3.15. The molecule has 0 saturated heterocycles. The predicted molar refractivity (Wildman–Crippen MR) is 92.1 cm³/mol. The maximum Gasteiger partial charge on any atom is 0.337 e. The summed E-state index contributed by atoms with van der Waals surface area (Å²) in [6.07, 6.45) is 5.15. The van der Waals surface area contributed by atoms with Crippen molar-refractivity contribution in [2.45, 2.75) is 25.7 Å². The second-order valence-corrected chi connectivity index (χ2v) is 6.66. The molecule has 1 fully saturated rings. The van der Waals surface area contributed by atoms with Gasteiger partial charge in [0.2, 0.25) is 0 Å². The molecule has 2 heterocycles. The Balaban J connectivity index is 1.96. The Kier molecular flexibility index (Phi) is 3.28. The molecule has 24 heavy (non-hydrogen) atoms. The van der Waals surface area contributed by atoms with E-state index in [2.05, 4.69) is 4.98 Å². The Morgan fingerprint density at radius 3 is 2.71 bits per heavy atom. The first-order valence-electron chi connectivity index (χ1n) is 7.73. The number of aromatic carboxylic acids is 1. The lowest BCUT2D eigenvalue weighted by Gasteiger charge is -2.06. The molecule has 0 unspecified atom stereocenters. The molecule has 6 heteroatoms. The Morgan fingerprint density at radius 1 is 1.33 bits per heavy atom. The van der Waals surface area contributed by atoms with Crippen molar-refractivity contribution in [1.29, 1.82) is 0 Å². The van der Waals surface area contributed by atoms with E-state index < -0.39 is 5.97 Å². The van der Waals surface area contributed by atoms with E-state index in [0.29, 0.717) is 21.8 Å². The lowest BCUT2D eigenvalue weighted by atomic mass is 10.1. The predicted octanol–water partition coefficient (Wildman–Crippen LogP) is 3.83. The Bertz CT molecular complexity index is 1040. The molecule has 2 N–H and O–H groups in total. The molecular formula is C18H15ClN2O3. The van der Waals surface area contributed by atoms with Crippen LogP contribution in [0.2, 0.25) is 5.02 Å². The number of nitrogens with zero attached hydrogens (tertiary/aromatic N) is 1. The number of halogens is 1. The van der Waals surface area contributed by atoms with Crippen molar-refractivity contribution in [2.75, 3.05) is 0 Å². The first-order valence-corrected chi connectivity index (χ1v) is 8.11. The zero-order chi connectivity index (χ0) is 17.0. The minimum Gasteiger partial charge on any atom is -0.478 e. The molecule has 4 rings (SSSR count). The third kappa shape index (κ3) is 2.32. The third-order valence-electron chi connectivity index (χ3n) is 4.49. The number of carboxylic acid groups (broad SMARTS) is 1. The van der Waals surface area contributed by atoms with Crippen LogP contribution < -0.4 is 5.56 Å². The van der Waals surface area contributed by atoms with E-state index in [0.717, 1.165) is 24.0 Å². The molecule has 1 aliphatic rings. The monoisotopic (exact) mass is 342 g/mol. The van der Waals surface area contributed by atoms with Crippen LogP contribution in [0, 0.1) is 6.92 Å². The number of fused-ring (bicyclic) bond motifs is 1. The number of carboxylic acids is 1. The van der Waals surface area contributed by atoms with Crippen molar-refractivity contribution in [2.24, 2.45) is 0 Å². The van der Waals surface area contributed by atoms with Gasteiger partial charge in [-0.25, -0.2) is 4.79 Å². The van der Waals surface area contributed by atoms with E-state index in [1.165, 1.54) is 6.20 Å². The van der Waals surface area contributed by atoms with E-state index in [1.54, 1.807) is 16.7 Å². The van der Waals surface area contributed by atoms with Crippen LogP contribution in [-0.4, -0.2) is 20.5 Å². The standard InChI is InChI=1S/C18H15ClN2O3/c1-9-6-11(4-5-13(9)19)14-8-21-7-12(18(23)24)15(10-2-3-10)16(21)17(22)20-14/h4-8,10H,2-3H2,1H3,(H,20,22)(H,23,24). The summed E-state index contributed by atoms with van der Waals surface area (Å²) < 4.78 is 1.63. The number of hydrogen-bond donors (Lipinski definition) is 2. The summed E-state index contributed by atoms with van der Waals surface area (Å²) in [5, 5.41) is 10.1. The summed E-state index contributed by atoms with van der Waals surface area (Å²) in [7, 11) is 0. The van der Waals surface area contributed by atoms with E-state index in [9.17, 15) is 14.7 Å². The van der Waals surface area contributed by atoms with E-state index in [-0.39, 0.29) is 17.0 Å². The SMILES string of the molecule is Cc1cc(-c2cn3cc(C(=O)O)c(C4CC4)c3c(=O)[nH]2)ccc1Cl. The topological polar surface area (TPSA) is 74.6 Å². The van der Waals surface area contributed by atoms with Gasteiger partial charge in [-0.05, 0) is 48.9 Å². The molecule has 122 valence electrons. The van der Waals surface area contributed by atoms with Gasteiger partial charge in [-0.2, -0.15) is 0 Å². The average molecular weight is 343 g/mol. The van der Waals surface area contributed by atoms with Crippen LogP contribution in [0.25, 0.3) is 16.8 Å². The number of H-pyrrole nitrogens is 1. The Morgan fingerprint density at radius 2 is 2.08 bits per heavy atom. The zero-order valence-corrected chi connectivity index (χ0v) is 13.7. The first kappa shape index (κ1) is 15.0. The highest BCUT2D eigenvalue weighted by atomic mass is 35.5.